The second kappa shape index (κ2) is 5.29. The van der Waals surface area contributed by atoms with E-state index in [0.717, 1.165) is 0 Å². The second-order valence-electron chi connectivity index (χ2n) is 6.25. The summed E-state index contributed by atoms with van der Waals surface area (Å²) in [7, 11) is -0.944. The van der Waals surface area contributed by atoms with Crippen molar-refractivity contribution in [3.05, 3.63) is 28.3 Å². The molecule has 0 unspecified atom stereocenters. The van der Waals surface area contributed by atoms with Gasteiger partial charge < -0.3 is 0 Å². The molecule has 1 aromatic rings. The van der Waals surface area contributed by atoms with E-state index in [1.165, 1.54) is 31.7 Å². The predicted octanol–water partition coefficient (Wildman–Crippen LogP) is 4.01. The first-order chi connectivity index (χ1) is 6.97. The van der Waals surface area contributed by atoms with Crippen molar-refractivity contribution in [3.8, 4) is 0 Å². The van der Waals surface area contributed by atoms with Crippen LogP contribution in [0.3, 0.4) is 0 Å². The summed E-state index contributed by atoms with van der Waals surface area (Å²) < 4.78 is 0. The van der Waals surface area contributed by atoms with Crippen LogP contribution in [0.1, 0.15) is 35.1 Å². The Bertz CT molecular complexity index is 358. The van der Waals surface area contributed by atoms with Gasteiger partial charge in [-0.05, 0) is 0 Å². The first kappa shape index (κ1) is 14.3. The molecule has 0 amide bonds. The van der Waals surface area contributed by atoms with Crippen LogP contribution in [0.5, 0.6) is 0 Å². The Labute approximate surface area is 116 Å². The molecule has 88 valence electrons. The number of hydrogen-bond donors (Lipinski definition) is 0. The molecule has 1 aliphatic rings. The summed E-state index contributed by atoms with van der Waals surface area (Å²) in [5.74, 6) is 0. The largest absolute Gasteiger partial charge is 0.198 e. The van der Waals surface area contributed by atoms with Crippen molar-refractivity contribution in [2.45, 2.75) is 58.3 Å². The quantitative estimate of drug-likeness (QED) is 0.561. The van der Waals surface area contributed by atoms with E-state index < -0.39 is 8.07 Å². The summed E-state index contributed by atoms with van der Waals surface area (Å²) in [5, 5.41) is 0. The molecular formula is C14H23SiTi-. The van der Waals surface area contributed by atoms with Crippen molar-refractivity contribution in [1.29, 1.82) is 0 Å². The van der Waals surface area contributed by atoms with Gasteiger partial charge in [0, 0.05) is 29.8 Å². The van der Waals surface area contributed by atoms with Crippen LogP contribution in [0.15, 0.2) is 6.07 Å². The third-order valence-corrected chi connectivity index (χ3v) is 4.88. The Morgan fingerprint density at radius 2 is 1.81 bits per heavy atom. The van der Waals surface area contributed by atoms with Gasteiger partial charge in [0.05, 0.1) is 0 Å². The molecule has 0 radical (unpaired) electrons. The van der Waals surface area contributed by atoms with Crippen LogP contribution in [-0.2, 0) is 40.6 Å². The molecule has 0 atom stereocenters. The van der Waals surface area contributed by atoms with Crippen molar-refractivity contribution in [3.63, 3.8) is 0 Å². The molecule has 0 aromatic heterocycles. The van der Waals surface area contributed by atoms with E-state index in [4.69, 9.17) is 0 Å². The van der Waals surface area contributed by atoms with Crippen molar-refractivity contribution in [2.75, 3.05) is 0 Å². The molecule has 2 rings (SSSR count). The van der Waals surface area contributed by atoms with Crippen molar-refractivity contribution < 1.29 is 21.7 Å². The minimum absolute atomic E-state index is 0. The van der Waals surface area contributed by atoms with Gasteiger partial charge in [0.15, 0.2) is 0 Å². The molecule has 16 heavy (non-hydrogen) atoms. The fourth-order valence-electron chi connectivity index (χ4n) is 2.86. The first-order valence-electron chi connectivity index (χ1n) is 6.24. The van der Waals surface area contributed by atoms with Crippen molar-refractivity contribution in [1.82, 2.24) is 0 Å². The number of fused-ring (bicyclic) bond motifs is 1. The zero-order chi connectivity index (χ0) is 11.1. The summed E-state index contributed by atoms with van der Waals surface area (Å²) in [5.41, 5.74) is 6.70. The molecular weight excluding hydrogens is 244 g/mol. The molecule has 0 fully saturated rings. The van der Waals surface area contributed by atoms with E-state index in [1.54, 1.807) is 22.3 Å². The maximum Gasteiger partial charge on any atom is 0.0371 e. The van der Waals surface area contributed by atoms with E-state index >= 15 is 0 Å². The number of aryl methyl sites for hydroxylation is 1. The van der Waals surface area contributed by atoms with Gasteiger partial charge in [-0.15, -0.1) is 0 Å². The molecule has 0 spiro atoms. The normalized spacial score (nSPS) is 15.5. The molecule has 0 heterocycles. The summed E-state index contributed by atoms with van der Waals surface area (Å²) in [6.45, 7) is 9.73. The molecule has 0 saturated heterocycles. The van der Waals surface area contributed by atoms with E-state index in [1.807, 2.05) is 0 Å². The molecule has 1 aromatic carbocycles. The molecule has 2 heteroatoms. The smallest absolute Gasteiger partial charge is 0.0371 e. The van der Waals surface area contributed by atoms with Crippen LogP contribution in [0.2, 0.25) is 19.6 Å². The van der Waals surface area contributed by atoms with Gasteiger partial charge in [0.2, 0.25) is 0 Å². The summed E-state index contributed by atoms with van der Waals surface area (Å²) in [6.07, 6.45) is 5.51. The van der Waals surface area contributed by atoms with Gasteiger partial charge >= 0.3 is 0 Å². The molecule has 0 nitrogen and oxygen atoms in total. The third-order valence-electron chi connectivity index (χ3n) is 3.44. The third kappa shape index (κ3) is 3.15. The Morgan fingerprint density at radius 1 is 1.19 bits per heavy atom. The first-order valence-corrected chi connectivity index (χ1v) is 9.95. The van der Waals surface area contributed by atoms with Gasteiger partial charge in [-0.25, -0.2) is 0 Å². The van der Waals surface area contributed by atoms with E-state index in [0.29, 0.717) is 0 Å². The Balaban J connectivity index is 0.00000128. The van der Waals surface area contributed by atoms with E-state index in [-0.39, 0.29) is 21.7 Å². The molecule has 0 bridgehead atoms. The fourth-order valence-corrected chi connectivity index (χ4v) is 4.32. The topological polar surface area (TPSA) is 0 Å². The molecule has 0 aliphatic heterocycles. The summed E-state index contributed by atoms with van der Waals surface area (Å²) in [4.78, 5) is 0. The maximum atomic E-state index is 2.48. The monoisotopic (exact) mass is 267 g/mol. The van der Waals surface area contributed by atoms with Gasteiger partial charge in [-0.3, -0.25) is 0 Å². The van der Waals surface area contributed by atoms with Gasteiger partial charge in [0.1, 0.15) is 0 Å². The Morgan fingerprint density at radius 3 is 2.44 bits per heavy atom. The van der Waals surface area contributed by atoms with Crippen LogP contribution >= 0.6 is 0 Å². The van der Waals surface area contributed by atoms with Gasteiger partial charge in [-0.2, -0.15) is 28.3 Å². The Hall–Kier alpha value is 0.281. The van der Waals surface area contributed by atoms with Crippen LogP contribution in [0, 0.1) is 6.92 Å². The van der Waals surface area contributed by atoms with Gasteiger partial charge in [0.25, 0.3) is 0 Å². The molecule has 0 saturated carbocycles. The summed E-state index contributed by atoms with van der Waals surface area (Å²) >= 11 is 0. The molecule has 1 aliphatic carbocycles. The summed E-state index contributed by atoms with van der Waals surface area (Å²) in [6, 6.07) is 3.86. The van der Waals surface area contributed by atoms with E-state index in [9.17, 15) is 0 Å². The van der Waals surface area contributed by atoms with E-state index in [2.05, 4.69) is 32.6 Å². The average molecular weight is 267 g/mol. The molecule has 0 N–H and O–H groups in total. The van der Waals surface area contributed by atoms with Crippen LogP contribution in [0.4, 0.5) is 0 Å². The second-order valence-corrected chi connectivity index (χ2v) is 11.7. The number of hydrogen-bond acceptors (Lipinski definition) is 0. The van der Waals surface area contributed by atoms with Crippen LogP contribution in [0.25, 0.3) is 0 Å². The minimum atomic E-state index is -0.944. The Kier molecular flexibility index (Phi) is 4.74. The standard InChI is InChI=1S/C14H23Si.Ti/c1-11-9-12(10-15(2,3)4)14-8-6-5-7-13(11)14;/h9H,5-8,10H2,1-4H3;/q-1;. The number of rotatable bonds is 2. The zero-order valence-corrected chi connectivity index (χ0v) is 13.7. The maximum absolute atomic E-state index is 2.48. The zero-order valence-electron chi connectivity index (χ0n) is 11.1. The fraction of sp³-hybridized carbons (Fsp3) is 0.643. The predicted molar refractivity (Wildman–Crippen MR) is 70.5 cm³/mol. The van der Waals surface area contributed by atoms with Crippen molar-refractivity contribution >= 4 is 8.07 Å². The van der Waals surface area contributed by atoms with Gasteiger partial charge in [-0.1, -0.05) is 58.3 Å². The van der Waals surface area contributed by atoms with Crippen LogP contribution in [-0.4, -0.2) is 8.07 Å². The van der Waals surface area contributed by atoms with Crippen molar-refractivity contribution in [2.24, 2.45) is 0 Å². The minimum Gasteiger partial charge on any atom is -0.198 e. The average Bonchev–Trinajstić information content (AvgIpc) is 2.42. The van der Waals surface area contributed by atoms with Crippen LogP contribution < -0.4 is 0 Å². The SMILES string of the molecule is Cc1c[c-](C[Si](C)(C)C)c2c1CCCC2.[Ti].